The second-order valence-corrected chi connectivity index (χ2v) is 5.39. The van der Waals surface area contributed by atoms with Crippen molar-refractivity contribution in [3.05, 3.63) is 52.8 Å². The van der Waals surface area contributed by atoms with Gasteiger partial charge in [-0.3, -0.25) is 0 Å². The summed E-state index contributed by atoms with van der Waals surface area (Å²) in [7, 11) is 3.55. The van der Waals surface area contributed by atoms with Gasteiger partial charge in [-0.15, -0.1) is 0 Å². The zero-order valence-corrected chi connectivity index (χ0v) is 13.3. The third-order valence-corrected chi connectivity index (χ3v) is 3.96. The molecule has 0 amide bonds. The minimum absolute atomic E-state index is 0.184. The summed E-state index contributed by atoms with van der Waals surface area (Å²) in [6.07, 6.45) is 0. The third kappa shape index (κ3) is 3.08. The topological polar surface area (TPSA) is 21.3 Å². The van der Waals surface area contributed by atoms with Gasteiger partial charge in [-0.25, -0.2) is 4.39 Å². The smallest absolute Gasteiger partial charge is 0.131 e. The SMILES string of the molecule is CNC(C)c1ccc(F)c(-c2cc(C)c(OC)cc2C)c1. The van der Waals surface area contributed by atoms with Crippen LogP contribution in [-0.4, -0.2) is 14.2 Å². The number of nitrogens with one attached hydrogen (secondary N) is 1. The first-order valence-electron chi connectivity index (χ1n) is 7.10. The van der Waals surface area contributed by atoms with E-state index in [-0.39, 0.29) is 11.9 Å². The van der Waals surface area contributed by atoms with E-state index in [0.717, 1.165) is 28.0 Å². The second-order valence-electron chi connectivity index (χ2n) is 5.39. The summed E-state index contributed by atoms with van der Waals surface area (Å²) in [6.45, 7) is 6.01. The summed E-state index contributed by atoms with van der Waals surface area (Å²) in [5.41, 5.74) is 4.63. The average molecular weight is 287 g/mol. The highest BCUT2D eigenvalue weighted by Gasteiger charge is 2.13. The van der Waals surface area contributed by atoms with Gasteiger partial charge >= 0.3 is 0 Å². The fraction of sp³-hybridized carbons (Fsp3) is 0.333. The van der Waals surface area contributed by atoms with E-state index in [0.29, 0.717) is 5.56 Å². The molecule has 0 spiro atoms. The highest BCUT2D eigenvalue weighted by Crippen LogP contribution is 2.33. The normalized spacial score (nSPS) is 12.3. The third-order valence-electron chi connectivity index (χ3n) is 3.96. The van der Waals surface area contributed by atoms with Crippen LogP contribution in [0.1, 0.15) is 29.7 Å². The summed E-state index contributed by atoms with van der Waals surface area (Å²) in [5, 5.41) is 3.18. The number of ether oxygens (including phenoxy) is 1. The van der Waals surface area contributed by atoms with Gasteiger partial charge in [-0.2, -0.15) is 0 Å². The summed E-state index contributed by atoms with van der Waals surface area (Å²) in [6, 6.07) is 9.41. The molecule has 1 atom stereocenters. The van der Waals surface area contributed by atoms with E-state index in [1.54, 1.807) is 7.11 Å². The van der Waals surface area contributed by atoms with Gasteiger partial charge in [0.1, 0.15) is 11.6 Å². The Kier molecular flexibility index (Phi) is 4.63. The molecule has 3 heteroatoms. The lowest BCUT2D eigenvalue weighted by Gasteiger charge is -2.16. The van der Waals surface area contributed by atoms with E-state index in [4.69, 9.17) is 4.74 Å². The molecule has 0 heterocycles. The molecule has 1 N–H and O–H groups in total. The molecule has 112 valence electrons. The standard InChI is InChI=1S/C18H22FNO/c1-11-9-18(21-5)12(2)8-15(11)16-10-14(13(3)20-4)6-7-17(16)19/h6-10,13,20H,1-5H3. The van der Waals surface area contributed by atoms with Crippen LogP contribution in [0.4, 0.5) is 4.39 Å². The molecule has 2 aromatic rings. The molecule has 0 fully saturated rings. The van der Waals surface area contributed by atoms with Crippen molar-refractivity contribution in [1.82, 2.24) is 5.32 Å². The fourth-order valence-electron chi connectivity index (χ4n) is 2.49. The molecule has 0 radical (unpaired) electrons. The number of hydrogen-bond acceptors (Lipinski definition) is 2. The van der Waals surface area contributed by atoms with Gasteiger partial charge in [0, 0.05) is 11.6 Å². The Morgan fingerprint density at radius 2 is 1.76 bits per heavy atom. The van der Waals surface area contributed by atoms with Crippen LogP contribution in [0.2, 0.25) is 0 Å². The van der Waals surface area contributed by atoms with Crippen LogP contribution in [0.25, 0.3) is 11.1 Å². The van der Waals surface area contributed by atoms with Crippen molar-refractivity contribution in [3.63, 3.8) is 0 Å². The maximum absolute atomic E-state index is 14.3. The molecule has 0 bridgehead atoms. The average Bonchev–Trinajstić information content (AvgIpc) is 2.49. The Bertz CT molecular complexity index is 652. The Hall–Kier alpha value is -1.87. The number of benzene rings is 2. The summed E-state index contributed by atoms with van der Waals surface area (Å²) in [5.74, 6) is 0.631. The zero-order chi connectivity index (χ0) is 15.6. The van der Waals surface area contributed by atoms with E-state index < -0.39 is 0 Å². The molecule has 0 aliphatic carbocycles. The minimum atomic E-state index is -0.199. The van der Waals surface area contributed by atoms with Crippen LogP contribution in [0.15, 0.2) is 30.3 Å². The molecule has 21 heavy (non-hydrogen) atoms. The molecular weight excluding hydrogens is 265 g/mol. The quantitative estimate of drug-likeness (QED) is 0.900. The predicted octanol–water partition coefficient (Wildman–Crippen LogP) is 4.40. The van der Waals surface area contributed by atoms with Crippen LogP contribution in [0.5, 0.6) is 5.75 Å². The van der Waals surface area contributed by atoms with Crippen molar-refractivity contribution in [2.75, 3.05) is 14.2 Å². The molecular formula is C18H22FNO. The van der Waals surface area contributed by atoms with Gasteiger partial charge in [0.2, 0.25) is 0 Å². The first-order valence-corrected chi connectivity index (χ1v) is 7.10. The highest BCUT2D eigenvalue weighted by atomic mass is 19.1. The summed E-state index contributed by atoms with van der Waals surface area (Å²) in [4.78, 5) is 0. The molecule has 0 saturated carbocycles. The van der Waals surface area contributed by atoms with E-state index in [1.807, 2.05) is 45.2 Å². The fourth-order valence-corrected chi connectivity index (χ4v) is 2.49. The van der Waals surface area contributed by atoms with Crippen molar-refractivity contribution in [1.29, 1.82) is 0 Å². The van der Waals surface area contributed by atoms with Gasteiger partial charge < -0.3 is 10.1 Å². The van der Waals surface area contributed by atoms with Crippen LogP contribution in [0, 0.1) is 19.7 Å². The lowest BCUT2D eigenvalue weighted by Crippen LogP contribution is -2.12. The largest absolute Gasteiger partial charge is 0.496 e. The van der Waals surface area contributed by atoms with Gasteiger partial charge in [0.05, 0.1) is 7.11 Å². The van der Waals surface area contributed by atoms with Crippen LogP contribution >= 0.6 is 0 Å². The highest BCUT2D eigenvalue weighted by molar-refractivity contribution is 5.70. The first kappa shape index (κ1) is 15.5. The molecule has 0 aliphatic heterocycles. The second kappa shape index (κ2) is 6.27. The maximum atomic E-state index is 14.3. The summed E-state index contributed by atoms with van der Waals surface area (Å²) < 4.78 is 19.6. The number of rotatable bonds is 4. The Morgan fingerprint density at radius 3 is 2.38 bits per heavy atom. The van der Waals surface area contributed by atoms with Crippen molar-refractivity contribution in [2.45, 2.75) is 26.8 Å². The number of hydrogen-bond donors (Lipinski definition) is 1. The van der Waals surface area contributed by atoms with Crippen molar-refractivity contribution >= 4 is 0 Å². The lowest BCUT2D eigenvalue weighted by atomic mass is 9.94. The Morgan fingerprint density at radius 1 is 1.05 bits per heavy atom. The van der Waals surface area contributed by atoms with E-state index >= 15 is 0 Å². The molecule has 2 aromatic carbocycles. The Balaban J connectivity index is 2.58. The Labute approximate surface area is 126 Å². The lowest BCUT2D eigenvalue weighted by molar-refractivity contribution is 0.411. The van der Waals surface area contributed by atoms with E-state index in [2.05, 4.69) is 12.2 Å². The molecule has 1 unspecified atom stereocenters. The van der Waals surface area contributed by atoms with Gasteiger partial charge in [-0.05, 0) is 74.3 Å². The number of aryl methyl sites for hydroxylation is 2. The van der Waals surface area contributed by atoms with E-state index in [1.165, 1.54) is 6.07 Å². The van der Waals surface area contributed by atoms with Crippen LogP contribution < -0.4 is 10.1 Å². The van der Waals surface area contributed by atoms with Crippen molar-refractivity contribution in [3.8, 4) is 16.9 Å². The molecule has 2 nitrogen and oxygen atoms in total. The number of halogens is 1. The van der Waals surface area contributed by atoms with Crippen molar-refractivity contribution in [2.24, 2.45) is 0 Å². The van der Waals surface area contributed by atoms with E-state index in [9.17, 15) is 4.39 Å². The van der Waals surface area contributed by atoms with Crippen molar-refractivity contribution < 1.29 is 9.13 Å². The van der Waals surface area contributed by atoms with Gasteiger partial charge in [-0.1, -0.05) is 6.07 Å². The predicted molar refractivity (Wildman–Crippen MR) is 85.3 cm³/mol. The minimum Gasteiger partial charge on any atom is -0.496 e. The van der Waals surface area contributed by atoms with Crippen LogP contribution in [-0.2, 0) is 0 Å². The monoisotopic (exact) mass is 287 g/mol. The van der Waals surface area contributed by atoms with Gasteiger partial charge in [0.15, 0.2) is 0 Å². The number of methoxy groups -OCH3 is 1. The van der Waals surface area contributed by atoms with Crippen LogP contribution in [0.3, 0.4) is 0 Å². The molecule has 2 rings (SSSR count). The zero-order valence-electron chi connectivity index (χ0n) is 13.3. The molecule has 0 aliphatic rings. The van der Waals surface area contributed by atoms with Gasteiger partial charge in [0.25, 0.3) is 0 Å². The summed E-state index contributed by atoms with van der Waals surface area (Å²) >= 11 is 0. The molecule has 0 aromatic heterocycles. The first-order chi connectivity index (χ1) is 9.97. The molecule has 0 saturated heterocycles. The maximum Gasteiger partial charge on any atom is 0.131 e.